The lowest BCUT2D eigenvalue weighted by Crippen LogP contribution is -2.41. The number of anilines is 1. The Labute approximate surface area is 127 Å². The zero-order valence-electron chi connectivity index (χ0n) is 13.4. The molecule has 1 aliphatic rings. The number of nitrogens with one attached hydrogen (secondary N) is 1. The average Bonchev–Trinajstić information content (AvgIpc) is 2.45. The second kappa shape index (κ2) is 7.76. The Morgan fingerprint density at radius 1 is 1.38 bits per heavy atom. The van der Waals surface area contributed by atoms with Gasteiger partial charge in [0, 0.05) is 44.0 Å². The summed E-state index contributed by atoms with van der Waals surface area (Å²) >= 11 is 0. The van der Waals surface area contributed by atoms with E-state index in [1.165, 1.54) is 12.8 Å². The smallest absolute Gasteiger partial charge is 0.129 e. The third-order valence-electron chi connectivity index (χ3n) is 4.33. The molecule has 1 heterocycles. The maximum atomic E-state index is 14.2. The van der Waals surface area contributed by atoms with Crippen molar-refractivity contribution in [2.75, 3.05) is 31.7 Å². The lowest BCUT2D eigenvalue weighted by Gasteiger charge is -2.39. The first kappa shape index (κ1) is 16.2. The quantitative estimate of drug-likeness (QED) is 0.816. The molecule has 0 radical (unpaired) electrons. The van der Waals surface area contributed by atoms with Crippen molar-refractivity contribution in [3.05, 3.63) is 29.6 Å². The van der Waals surface area contributed by atoms with Crippen LogP contribution in [-0.4, -0.2) is 32.8 Å². The van der Waals surface area contributed by atoms with E-state index < -0.39 is 0 Å². The molecule has 1 saturated heterocycles. The zero-order valence-corrected chi connectivity index (χ0v) is 13.4. The summed E-state index contributed by atoms with van der Waals surface area (Å²) in [6.07, 6.45) is 2.35. The largest absolute Gasteiger partial charge is 0.383 e. The van der Waals surface area contributed by atoms with E-state index in [1.54, 1.807) is 13.2 Å². The van der Waals surface area contributed by atoms with Crippen molar-refractivity contribution < 1.29 is 9.13 Å². The maximum Gasteiger partial charge on any atom is 0.129 e. The van der Waals surface area contributed by atoms with Gasteiger partial charge in [-0.05, 0) is 37.8 Å². The van der Waals surface area contributed by atoms with E-state index in [0.29, 0.717) is 19.2 Å². The molecule has 2 unspecified atom stereocenters. The summed E-state index contributed by atoms with van der Waals surface area (Å²) in [6.45, 7) is 7.47. The van der Waals surface area contributed by atoms with Crippen LogP contribution in [0.1, 0.15) is 32.3 Å². The van der Waals surface area contributed by atoms with E-state index in [-0.39, 0.29) is 5.82 Å². The molecule has 1 aliphatic heterocycles. The van der Waals surface area contributed by atoms with E-state index in [1.807, 2.05) is 12.1 Å². The molecule has 1 N–H and O–H groups in total. The predicted octanol–water partition coefficient (Wildman–Crippen LogP) is 3.19. The highest BCUT2D eigenvalue weighted by atomic mass is 19.1. The van der Waals surface area contributed by atoms with E-state index in [2.05, 4.69) is 24.1 Å². The molecule has 0 aliphatic carbocycles. The van der Waals surface area contributed by atoms with Crippen molar-refractivity contribution in [3.63, 3.8) is 0 Å². The predicted molar refractivity (Wildman–Crippen MR) is 85.2 cm³/mol. The van der Waals surface area contributed by atoms with Crippen LogP contribution in [0.15, 0.2) is 18.2 Å². The van der Waals surface area contributed by atoms with Crippen LogP contribution in [0.25, 0.3) is 0 Å². The van der Waals surface area contributed by atoms with Gasteiger partial charge in [0.05, 0.1) is 6.61 Å². The van der Waals surface area contributed by atoms with Gasteiger partial charge in [0.15, 0.2) is 0 Å². The number of methoxy groups -OCH3 is 1. The Morgan fingerprint density at radius 2 is 2.19 bits per heavy atom. The number of hydrogen-bond donors (Lipinski definition) is 1. The van der Waals surface area contributed by atoms with Gasteiger partial charge in [0.1, 0.15) is 5.82 Å². The van der Waals surface area contributed by atoms with E-state index in [4.69, 9.17) is 4.74 Å². The molecule has 0 aromatic heterocycles. The SMILES string of the molecule is COCCNCc1c(F)cccc1N1CCC(C)CC1C. The molecule has 4 heteroatoms. The highest BCUT2D eigenvalue weighted by molar-refractivity contribution is 5.55. The van der Waals surface area contributed by atoms with Crippen LogP contribution in [0.5, 0.6) is 0 Å². The molecule has 2 rings (SSSR count). The van der Waals surface area contributed by atoms with Crippen LogP contribution < -0.4 is 10.2 Å². The minimum Gasteiger partial charge on any atom is -0.383 e. The van der Waals surface area contributed by atoms with Gasteiger partial charge >= 0.3 is 0 Å². The topological polar surface area (TPSA) is 24.5 Å². The number of rotatable bonds is 6. The number of nitrogens with zero attached hydrogens (tertiary/aromatic N) is 1. The van der Waals surface area contributed by atoms with E-state index >= 15 is 0 Å². The molecular formula is C17H27FN2O. The fourth-order valence-corrected chi connectivity index (χ4v) is 3.14. The number of piperidine rings is 1. The Balaban J connectivity index is 2.13. The van der Waals surface area contributed by atoms with Gasteiger partial charge in [-0.15, -0.1) is 0 Å². The second-order valence-electron chi connectivity index (χ2n) is 6.08. The highest BCUT2D eigenvalue weighted by Gasteiger charge is 2.25. The number of hydrogen-bond acceptors (Lipinski definition) is 3. The summed E-state index contributed by atoms with van der Waals surface area (Å²) in [5.74, 6) is 0.635. The number of benzene rings is 1. The average molecular weight is 294 g/mol. The van der Waals surface area contributed by atoms with Crippen LogP contribution in [0.4, 0.5) is 10.1 Å². The van der Waals surface area contributed by atoms with Crippen molar-refractivity contribution in [1.82, 2.24) is 5.32 Å². The van der Waals surface area contributed by atoms with Crippen molar-refractivity contribution in [2.24, 2.45) is 5.92 Å². The standard InChI is InChI=1S/C17H27FN2O/c1-13-7-9-20(14(2)11-13)17-6-4-5-16(18)15(17)12-19-8-10-21-3/h4-6,13-14,19H,7-12H2,1-3H3. The molecule has 1 aromatic carbocycles. The monoisotopic (exact) mass is 294 g/mol. The number of ether oxygens (including phenoxy) is 1. The van der Waals surface area contributed by atoms with Gasteiger partial charge in [-0.1, -0.05) is 13.0 Å². The maximum absolute atomic E-state index is 14.2. The fourth-order valence-electron chi connectivity index (χ4n) is 3.14. The third-order valence-corrected chi connectivity index (χ3v) is 4.33. The molecule has 0 saturated carbocycles. The Bertz CT molecular complexity index is 452. The minimum absolute atomic E-state index is 0.122. The van der Waals surface area contributed by atoms with Crippen molar-refractivity contribution in [2.45, 2.75) is 39.3 Å². The molecular weight excluding hydrogens is 267 g/mol. The van der Waals surface area contributed by atoms with Gasteiger partial charge in [0.25, 0.3) is 0 Å². The Morgan fingerprint density at radius 3 is 2.90 bits per heavy atom. The molecule has 118 valence electrons. The zero-order chi connectivity index (χ0) is 15.2. The lowest BCUT2D eigenvalue weighted by atomic mass is 9.92. The summed E-state index contributed by atoms with van der Waals surface area (Å²) in [4.78, 5) is 2.36. The van der Waals surface area contributed by atoms with Crippen LogP contribution in [0.3, 0.4) is 0 Å². The van der Waals surface area contributed by atoms with Crippen molar-refractivity contribution >= 4 is 5.69 Å². The molecule has 0 spiro atoms. The second-order valence-corrected chi connectivity index (χ2v) is 6.08. The van der Waals surface area contributed by atoms with Gasteiger partial charge in [-0.3, -0.25) is 0 Å². The van der Waals surface area contributed by atoms with Crippen LogP contribution >= 0.6 is 0 Å². The molecule has 0 bridgehead atoms. The minimum atomic E-state index is -0.122. The van der Waals surface area contributed by atoms with Crippen molar-refractivity contribution in [1.29, 1.82) is 0 Å². The van der Waals surface area contributed by atoms with E-state index in [0.717, 1.165) is 30.3 Å². The molecule has 2 atom stereocenters. The molecule has 1 aromatic rings. The summed E-state index contributed by atoms with van der Waals surface area (Å²) in [5.41, 5.74) is 1.81. The van der Waals surface area contributed by atoms with Crippen molar-refractivity contribution in [3.8, 4) is 0 Å². The molecule has 3 nitrogen and oxygen atoms in total. The highest BCUT2D eigenvalue weighted by Crippen LogP contribution is 2.31. The fraction of sp³-hybridized carbons (Fsp3) is 0.647. The Hall–Kier alpha value is -1.13. The van der Waals surface area contributed by atoms with Crippen LogP contribution in [0.2, 0.25) is 0 Å². The summed E-state index contributed by atoms with van der Waals surface area (Å²) in [6, 6.07) is 5.87. The van der Waals surface area contributed by atoms with Crippen LogP contribution in [0, 0.1) is 11.7 Å². The van der Waals surface area contributed by atoms with Gasteiger partial charge in [-0.2, -0.15) is 0 Å². The molecule has 21 heavy (non-hydrogen) atoms. The van der Waals surface area contributed by atoms with Gasteiger partial charge < -0.3 is 15.0 Å². The van der Waals surface area contributed by atoms with Gasteiger partial charge in [0.2, 0.25) is 0 Å². The number of halogens is 1. The lowest BCUT2D eigenvalue weighted by molar-refractivity contribution is 0.199. The van der Waals surface area contributed by atoms with Crippen LogP contribution in [-0.2, 0) is 11.3 Å². The van der Waals surface area contributed by atoms with Gasteiger partial charge in [-0.25, -0.2) is 4.39 Å². The third kappa shape index (κ3) is 4.17. The molecule has 0 amide bonds. The summed E-state index contributed by atoms with van der Waals surface area (Å²) in [5, 5.41) is 3.25. The summed E-state index contributed by atoms with van der Waals surface area (Å²) < 4.78 is 19.2. The molecule has 1 fully saturated rings. The first-order valence-electron chi connectivity index (χ1n) is 7.87. The first-order valence-corrected chi connectivity index (χ1v) is 7.87. The normalized spacial score (nSPS) is 22.6. The first-order chi connectivity index (χ1) is 10.1. The Kier molecular flexibility index (Phi) is 6.00. The van der Waals surface area contributed by atoms with E-state index in [9.17, 15) is 4.39 Å². The summed E-state index contributed by atoms with van der Waals surface area (Å²) in [7, 11) is 1.67.